The first kappa shape index (κ1) is 22.4. The number of carbonyl (C=O) groups is 3. The highest BCUT2D eigenvalue weighted by Gasteiger charge is 2.31. The van der Waals surface area contributed by atoms with Crippen LogP contribution in [0, 0.1) is 0 Å². The molecule has 1 aliphatic carbocycles. The van der Waals surface area contributed by atoms with E-state index in [1.54, 1.807) is 18.2 Å². The molecular weight excluding hydrogens is 422 g/mol. The smallest absolute Gasteiger partial charge is 0.343 e. The van der Waals surface area contributed by atoms with E-state index in [-0.39, 0.29) is 12.5 Å². The van der Waals surface area contributed by atoms with Crippen LogP contribution in [-0.4, -0.2) is 36.1 Å². The normalized spacial score (nSPS) is 15.5. The summed E-state index contributed by atoms with van der Waals surface area (Å²) in [5, 5.41) is 0.802. The minimum atomic E-state index is -0.487. The number of benzene rings is 2. The van der Waals surface area contributed by atoms with Gasteiger partial charge in [-0.05, 0) is 54.7 Å². The van der Waals surface area contributed by atoms with Crippen molar-refractivity contribution in [2.24, 2.45) is 11.5 Å². The summed E-state index contributed by atoms with van der Waals surface area (Å²) in [6.45, 7) is 0.308. The van der Waals surface area contributed by atoms with Crippen LogP contribution < -0.4 is 16.2 Å². The Morgan fingerprint density at radius 1 is 1.06 bits per heavy atom. The highest BCUT2D eigenvalue weighted by Crippen LogP contribution is 2.42. The third kappa shape index (κ3) is 4.41. The van der Waals surface area contributed by atoms with Gasteiger partial charge in [-0.15, -0.1) is 0 Å². The van der Waals surface area contributed by atoms with Gasteiger partial charge in [0, 0.05) is 23.2 Å². The van der Waals surface area contributed by atoms with Gasteiger partial charge in [0.05, 0.1) is 18.5 Å². The molecule has 1 aromatic heterocycles. The highest BCUT2D eigenvalue weighted by molar-refractivity contribution is 5.97. The monoisotopic (exact) mass is 449 g/mol. The van der Waals surface area contributed by atoms with Gasteiger partial charge < -0.3 is 25.5 Å². The van der Waals surface area contributed by atoms with Crippen LogP contribution in [0.3, 0.4) is 0 Å². The number of aromatic nitrogens is 1. The number of nitrogens with zero attached hydrogens (tertiary/aromatic N) is 1. The molecule has 4 N–H and O–H groups in total. The van der Waals surface area contributed by atoms with E-state index >= 15 is 0 Å². The Bertz CT molecular complexity index is 1210. The van der Waals surface area contributed by atoms with E-state index in [2.05, 4.69) is 4.57 Å². The summed E-state index contributed by atoms with van der Waals surface area (Å²) in [4.78, 5) is 35.6. The number of hydrogen-bond donors (Lipinski definition) is 2. The lowest BCUT2D eigenvalue weighted by atomic mass is 9.92. The Labute approximate surface area is 191 Å². The molecule has 0 fully saturated rings. The maximum Gasteiger partial charge on any atom is 0.343 e. The zero-order chi connectivity index (χ0) is 23.5. The third-order valence-corrected chi connectivity index (χ3v) is 6.20. The van der Waals surface area contributed by atoms with Crippen molar-refractivity contribution < 1.29 is 23.9 Å². The van der Waals surface area contributed by atoms with Crippen LogP contribution in [0.2, 0.25) is 0 Å². The lowest BCUT2D eigenvalue weighted by Gasteiger charge is -2.14. The van der Waals surface area contributed by atoms with Crippen LogP contribution in [0.25, 0.3) is 10.9 Å². The van der Waals surface area contributed by atoms with Gasteiger partial charge >= 0.3 is 5.97 Å². The topological polar surface area (TPSA) is 127 Å². The average Bonchev–Trinajstić information content (AvgIpc) is 2.96. The summed E-state index contributed by atoms with van der Waals surface area (Å²) >= 11 is 0. The van der Waals surface area contributed by atoms with Crippen molar-refractivity contribution in [3.05, 3.63) is 64.8 Å². The van der Waals surface area contributed by atoms with Gasteiger partial charge in [0.25, 0.3) is 0 Å². The molecule has 0 spiro atoms. The predicted octanol–water partition coefficient (Wildman–Crippen LogP) is 2.64. The Morgan fingerprint density at radius 3 is 2.48 bits per heavy atom. The van der Waals surface area contributed by atoms with Crippen LogP contribution in [0.1, 0.15) is 52.4 Å². The molecule has 0 bridgehead atoms. The molecule has 0 saturated carbocycles. The van der Waals surface area contributed by atoms with Crippen LogP contribution in [0.15, 0.2) is 42.5 Å². The fourth-order valence-electron chi connectivity index (χ4n) is 4.62. The summed E-state index contributed by atoms with van der Waals surface area (Å²) in [5.41, 5.74) is 15.5. The average molecular weight is 450 g/mol. The Balaban J connectivity index is 1.87. The minimum Gasteiger partial charge on any atom is -0.481 e. The van der Waals surface area contributed by atoms with Crippen molar-refractivity contribution in [2.75, 3.05) is 13.7 Å². The van der Waals surface area contributed by atoms with Gasteiger partial charge in [-0.3, -0.25) is 9.59 Å². The van der Waals surface area contributed by atoms with Crippen LogP contribution in [0.5, 0.6) is 5.75 Å². The summed E-state index contributed by atoms with van der Waals surface area (Å²) in [5.74, 6) is -1.25. The Hall–Kier alpha value is -3.81. The van der Waals surface area contributed by atoms with Crippen LogP contribution in [-0.2, 0) is 27.3 Å². The van der Waals surface area contributed by atoms with Crippen molar-refractivity contribution in [3.8, 4) is 5.75 Å². The highest BCUT2D eigenvalue weighted by atomic mass is 16.6. The van der Waals surface area contributed by atoms with Gasteiger partial charge in [-0.25, -0.2) is 4.79 Å². The van der Waals surface area contributed by atoms with E-state index in [9.17, 15) is 14.4 Å². The van der Waals surface area contributed by atoms with Gasteiger partial charge in [0.1, 0.15) is 5.75 Å². The summed E-state index contributed by atoms with van der Waals surface area (Å²) < 4.78 is 12.7. The van der Waals surface area contributed by atoms with Crippen molar-refractivity contribution in [2.45, 2.75) is 38.1 Å². The number of ether oxygens (including phenoxy) is 2. The number of amides is 2. The van der Waals surface area contributed by atoms with E-state index in [4.69, 9.17) is 20.9 Å². The third-order valence-electron chi connectivity index (χ3n) is 6.20. The standard InChI is InChI=1S/C25H27N3O5/c1-32-21(29)14-33-20-8-4-7-19-23(20)22-17(25(27)31)5-2-3-6-18(22)28(19)13-15-9-11-16(12-10-15)24(26)30/h4,7-12,17H,2-3,5-6,13-14H2,1H3,(H2,26,30)(H2,27,31). The molecule has 4 rings (SSSR count). The zero-order valence-electron chi connectivity index (χ0n) is 18.5. The lowest BCUT2D eigenvalue weighted by molar-refractivity contribution is -0.142. The molecule has 0 aliphatic heterocycles. The van der Waals surface area contributed by atoms with Crippen molar-refractivity contribution in [1.82, 2.24) is 4.57 Å². The molecule has 0 saturated heterocycles. The van der Waals surface area contributed by atoms with E-state index < -0.39 is 17.8 Å². The van der Waals surface area contributed by atoms with Crippen LogP contribution >= 0.6 is 0 Å². The molecule has 1 unspecified atom stereocenters. The Kier molecular flexibility index (Phi) is 6.35. The molecule has 0 radical (unpaired) electrons. The fraction of sp³-hybridized carbons (Fsp3) is 0.320. The number of esters is 1. The number of fused-ring (bicyclic) bond motifs is 3. The first-order valence-corrected chi connectivity index (χ1v) is 10.9. The lowest BCUT2D eigenvalue weighted by Crippen LogP contribution is -2.21. The first-order valence-electron chi connectivity index (χ1n) is 10.9. The van der Waals surface area contributed by atoms with Crippen molar-refractivity contribution in [1.29, 1.82) is 0 Å². The van der Waals surface area contributed by atoms with Crippen molar-refractivity contribution >= 4 is 28.7 Å². The number of primary amides is 2. The quantitative estimate of drug-likeness (QED) is 0.423. The maximum absolute atomic E-state index is 12.5. The molecule has 172 valence electrons. The largest absolute Gasteiger partial charge is 0.481 e. The molecule has 33 heavy (non-hydrogen) atoms. The molecule has 1 heterocycles. The second-order valence-electron chi connectivity index (χ2n) is 8.22. The van der Waals surface area contributed by atoms with Crippen LogP contribution in [0.4, 0.5) is 0 Å². The van der Waals surface area contributed by atoms with Gasteiger partial charge in [0.2, 0.25) is 11.8 Å². The first-order chi connectivity index (χ1) is 15.9. The van der Waals surface area contributed by atoms with Crippen molar-refractivity contribution in [3.63, 3.8) is 0 Å². The molecule has 2 aromatic carbocycles. The fourth-order valence-corrected chi connectivity index (χ4v) is 4.62. The van der Waals surface area contributed by atoms with E-state index in [1.165, 1.54) is 7.11 Å². The number of rotatable bonds is 7. The number of nitrogens with two attached hydrogens (primary N) is 2. The molecule has 8 heteroatoms. The van der Waals surface area contributed by atoms with Gasteiger partial charge in [-0.1, -0.05) is 24.6 Å². The Morgan fingerprint density at radius 2 is 1.82 bits per heavy atom. The van der Waals surface area contributed by atoms with Gasteiger partial charge in [0.15, 0.2) is 6.61 Å². The minimum absolute atomic E-state index is 0.231. The van der Waals surface area contributed by atoms with E-state index in [1.807, 2.05) is 24.3 Å². The number of carbonyl (C=O) groups excluding carboxylic acids is 3. The number of hydrogen-bond acceptors (Lipinski definition) is 5. The van der Waals surface area contributed by atoms with Gasteiger partial charge in [-0.2, -0.15) is 0 Å². The summed E-state index contributed by atoms with van der Waals surface area (Å²) in [6, 6.07) is 12.8. The zero-order valence-corrected chi connectivity index (χ0v) is 18.5. The summed E-state index contributed by atoms with van der Waals surface area (Å²) in [6.07, 6.45) is 3.29. The van der Waals surface area contributed by atoms with E-state index in [0.717, 1.165) is 47.0 Å². The number of methoxy groups -OCH3 is 1. The molecule has 1 aliphatic rings. The summed E-state index contributed by atoms with van der Waals surface area (Å²) in [7, 11) is 1.31. The molecule has 2 amide bonds. The SMILES string of the molecule is COC(=O)COc1cccc2c1c1c(n2Cc2ccc(C(N)=O)cc2)CCCCC1C(N)=O. The molecule has 1 atom stereocenters. The molecular formula is C25H27N3O5. The second kappa shape index (κ2) is 9.36. The second-order valence-corrected chi connectivity index (χ2v) is 8.22. The maximum atomic E-state index is 12.5. The van der Waals surface area contributed by atoms with E-state index in [0.29, 0.717) is 24.3 Å². The molecule has 3 aromatic rings. The predicted molar refractivity (Wildman–Crippen MR) is 123 cm³/mol. The molecule has 8 nitrogen and oxygen atoms in total.